The number of halogens is 1. The molecule has 0 aromatic carbocycles. The van der Waals surface area contributed by atoms with Gasteiger partial charge in [-0.2, -0.15) is 0 Å². The fourth-order valence-electron chi connectivity index (χ4n) is 1.13. The summed E-state index contributed by atoms with van der Waals surface area (Å²) in [5, 5.41) is 8.20. The maximum absolute atomic E-state index is 5.80. The van der Waals surface area contributed by atoms with Crippen molar-refractivity contribution in [1.29, 1.82) is 0 Å². The van der Waals surface area contributed by atoms with E-state index in [1.54, 1.807) is 29.3 Å². The summed E-state index contributed by atoms with van der Waals surface area (Å²) >= 11 is 5.80. The van der Waals surface area contributed by atoms with E-state index in [1.807, 2.05) is 0 Å². The predicted molar refractivity (Wildman–Crippen MR) is 52.1 cm³/mol. The fourth-order valence-corrected chi connectivity index (χ4v) is 1.30. The van der Waals surface area contributed by atoms with Crippen molar-refractivity contribution in [3.63, 3.8) is 0 Å². The van der Waals surface area contributed by atoms with Gasteiger partial charge in [0.05, 0.1) is 28.8 Å². The van der Waals surface area contributed by atoms with E-state index in [0.717, 1.165) is 11.4 Å². The normalized spacial score (nSPS) is 10.4. The Morgan fingerprint density at radius 1 is 1.36 bits per heavy atom. The third-order valence-corrected chi connectivity index (χ3v) is 1.97. The molecule has 0 aliphatic rings. The lowest BCUT2D eigenvalue weighted by atomic mass is 10.4. The zero-order valence-corrected chi connectivity index (χ0v) is 8.02. The highest BCUT2D eigenvalue weighted by Crippen LogP contribution is 2.13. The highest BCUT2D eigenvalue weighted by atomic mass is 35.5. The quantitative estimate of drug-likeness (QED) is 0.794. The van der Waals surface area contributed by atoms with Crippen LogP contribution in [0.5, 0.6) is 0 Å². The Hall–Kier alpha value is -1.46. The molecule has 0 bridgehead atoms. The van der Waals surface area contributed by atoms with Gasteiger partial charge in [-0.1, -0.05) is 16.8 Å². The molecule has 72 valence electrons. The standard InChI is InChI=1S/C8H8ClN5/c9-6-1-7(4-11-3-6)14-8(2-10)5-12-13-14/h1,3-5H,2,10H2. The van der Waals surface area contributed by atoms with Gasteiger partial charge in [0.2, 0.25) is 0 Å². The predicted octanol–water partition coefficient (Wildman–Crippen LogP) is 0.774. The van der Waals surface area contributed by atoms with E-state index in [2.05, 4.69) is 15.3 Å². The Bertz CT molecular complexity index is 439. The van der Waals surface area contributed by atoms with Crippen molar-refractivity contribution in [3.8, 4) is 5.69 Å². The van der Waals surface area contributed by atoms with Crippen LogP contribution in [0.1, 0.15) is 5.69 Å². The molecule has 0 fully saturated rings. The van der Waals surface area contributed by atoms with Gasteiger partial charge in [0.15, 0.2) is 0 Å². The molecule has 6 heteroatoms. The number of pyridine rings is 1. The lowest BCUT2D eigenvalue weighted by molar-refractivity contribution is 0.758. The Morgan fingerprint density at radius 2 is 2.21 bits per heavy atom. The van der Waals surface area contributed by atoms with Crippen molar-refractivity contribution < 1.29 is 0 Å². The van der Waals surface area contributed by atoms with Gasteiger partial charge in [-0.05, 0) is 6.07 Å². The molecule has 2 rings (SSSR count). The van der Waals surface area contributed by atoms with Gasteiger partial charge in [0.1, 0.15) is 0 Å². The van der Waals surface area contributed by atoms with Gasteiger partial charge in [0.25, 0.3) is 0 Å². The molecule has 14 heavy (non-hydrogen) atoms. The summed E-state index contributed by atoms with van der Waals surface area (Å²) in [5.74, 6) is 0. The lowest BCUT2D eigenvalue weighted by Gasteiger charge is -2.03. The first-order valence-corrected chi connectivity index (χ1v) is 4.39. The van der Waals surface area contributed by atoms with Crippen molar-refractivity contribution >= 4 is 11.6 Å². The minimum absolute atomic E-state index is 0.375. The van der Waals surface area contributed by atoms with Gasteiger partial charge in [0, 0.05) is 12.7 Å². The average molecular weight is 210 g/mol. The molecule has 0 spiro atoms. The molecule has 5 nitrogen and oxygen atoms in total. The van der Waals surface area contributed by atoms with Crippen LogP contribution in [-0.4, -0.2) is 20.0 Å². The van der Waals surface area contributed by atoms with Gasteiger partial charge >= 0.3 is 0 Å². The Morgan fingerprint density at radius 3 is 2.93 bits per heavy atom. The molecule has 2 N–H and O–H groups in total. The molecule has 0 saturated heterocycles. The van der Waals surface area contributed by atoms with Crippen LogP contribution in [0.4, 0.5) is 0 Å². The molecular formula is C8H8ClN5. The van der Waals surface area contributed by atoms with E-state index >= 15 is 0 Å². The summed E-state index contributed by atoms with van der Waals surface area (Å²) in [7, 11) is 0. The van der Waals surface area contributed by atoms with Crippen LogP contribution in [0.3, 0.4) is 0 Å². The maximum Gasteiger partial charge on any atom is 0.0865 e. The van der Waals surface area contributed by atoms with Crippen LogP contribution in [0.15, 0.2) is 24.7 Å². The summed E-state index contributed by atoms with van der Waals surface area (Å²) in [6, 6.07) is 1.75. The Kier molecular flexibility index (Phi) is 2.43. The largest absolute Gasteiger partial charge is 0.325 e. The number of rotatable bonds is 2. The van der Waals surface area contributed by atoms with Crippen molar-refractivity contribution in [2.45, 2.75) is 6.54 Å². The average Bonchev–Trinajstić information content (AvgIpc) is 2.65. The molecule has 2 aromatic rings. The van der Waals surface area contributed by atoms with Gasteiger partial charge in [-0.3, -0.25) is 4.98 Å². The number of hydrogen-bond acceptors (Lipinski definition) is 4. The smallest absolute Gasteiger partial charge is 0.0865 e. The number of nitrogens with zero attached hydrogens (tertiary/aromatic N) is 4. The van der Waals surface area contributed by atoms with E-state index in [-0.39, 0.29) is 0 Å². The minimum Gasteiger partial charge on any atom is -0.325 e. The first kappa shape index (κ1) is 9.11. The molecule has 0 unspecified atom stereocenters. The van der Waals surface area contributed by atoms with Crippen LogP contribution >= 0.6 is 11.6 Å². The highest BCUT2D eigenvalue weighted by molar-refractivity contribution is 6.30. The third kappa shape index (κ3) is 1.59. The monoisotopic (exact) mass is 209 g/mol. The summed E-state index contributed by atoms with van der Waals surface area (Å²) < 4.78 is 1.61. The topological polar surface area (TPSA) is 69.6 Å². The molecule has 0 aliphatic heterocycles. The summed E-state index contributed by atoms with van der Waals surface area (Å²) in [4.78, 5) is 3.95. The van der Waals surface area contributed by atoms with Gasteiger partial charge in [-0.15, -0.1) is 5.10 Å². The first-order valence-electron chi connectivity index (χ1n) is 4.02. The van der Waals surface area contributed by atoms with E-state index in [4.69, 9.17) is 17.3 Å². The zero-order chi connectivity index (χ0) is 9.97. The van der Waals surface area contributed by atoms with E-state index < -0.39 is 0 Å². The van der Waals surface area contributed by atoms with Crippen LogP contribution in [-0.2, 0) is 6.54 Å². The molecular weight excluding hydrogens is 202 g/mol. The lowest BCUT2D eigenvalue weighted by Crippen LogP contribution is -2.06. The van der Waals surface area contributed by atoms with Gasteiger partial charge < -0.3 is 5.73 Å². The van der Waals surface area contributed by atoms with Crippen LogP contribution in [0.2, 0.25) is 5.02 Å². The highest BCUT2D eigenvalue weighted by Gasteiger charge is 2.04. The van der Waals surface area contributed by atoms with Crippen LogP contribution in [0, 0.1) is 0 Å². The van der Waals surface area contributed by atoms with E-state index in [0.29, 0.717) is 11.6 Å². The van der Waals surface area contributed by atoms with Crippen molar-refractivity contribution in [3.05, 3.63) is 35.4 Å². The molecule has 0 atom stereocenters. The van der Waals surface area contributed by atoms with Crippen molar-refractivity contribution in [2.75, 3.05) is 0 Å². The van der Waals surface area contributed by atoms with Crippen molar-refractivity contribution in [1.82, 2.24) is 20.0 Å². The molecule has 2 aromatic heterocycles. The number of hydrogen-bond donors (Lipinski definition) is 1. The van der Waals surface area contributed by atoms with Crippen molar-refractivity contribution in [2.24, 2.45) is 5.73 Å². The first-order chi connectivity index (χ1) is 6.81. The maximum atomic E-state index is 5.80. The summed E-state index contributed by atoms with van der Waals surface area (Å²) in [6.07, 6.45) is 4.82. The SMILES string of the molecule is NCc1cnnn1-c1cncc(Cl)c1. The molecule has 0 amide bonds. The Labute approximate surface area is 85.5 Å². The number of aromatic nitrogens is 4. The second-order valence-electron chi connectivity index (χ2n) is 2.70. The molecule has 0 aliphatic carbocycles. The van der Waals surface area contributed by atoms with Gasteiger partial charge in [-0.25, -0.2) is 4.68 Å². The molecule has 0 radical (unpaired) electrons. The minimum atomic E-state index is 0.375. The second kappa shape index (κ2) is 3.73. The third-order valence-electron chi connectivity index (χ3n) is 1.76. The molecule has 0 saturated carbocycles. The van der Waals surface area contributed by atoms with E-state index in [1.165, 1.54) is 0 Å². The molecule has 2 heterocycles. The van der Waals surface area contributed by atoms with Crippen LogP contribution < -0.4 is 5.73 Å². The second-order valence-corrected chi connectivity index (χ2v) is 3.14. The Balaban J connectivity index is 2.49. The van der Waals surface area contributed by atoms with E-state index in [9.17, 15) is 0 Å². The summed E-state index contributed by atoms with van der Waals surface area (Å²) in [5.41, 5.74) is 7.09. The zero-order valence-electron chi connectivity index (χ0n) is 7.26. The number of nitrogens with two attached hydrogens (primary N) is 1. The van der Waals surface area contributed by atoms with Crippen LogP contribution in [0.25, 0.3) is 5.69 Å². The fraction of sp³-hybridized carbons (Fsp3) is 0.125. The summed E-state index contributed by atoms with van der Waals surface area (Å²) in [6.45, 7) is 0.375.